The van der Waals surface area contributed by atoms with Crippen LogP contribution in [-0.2, 0) is 17.9 Å². The van der Waals surface area contributed by atoms with Crippen LogP contribution in [0.5, 0.6) is 0 Å². The Bertz CT molecular complexity index is 1250. The van der Waals surface area contributed by atoms with Gasteiger partial charge in [-0.05, 0) is 53.7 Å². The Morgan fingerprint density at radius 1 is 1.13 bits per heavy atom. The lowest BCUT2D eigenvalue weighted by atomic mass is 10.2. The molecule has 158 valence electrons. The fourth-order valence-electron chi connectivity index (χ4n) is 2.68. The Hall–Kier alpha value is -4.48. The predicted octanol–water partition coefficient (Wildman–Crippen LogP) is 0.887. The van der Waals surface area contributed by atoms with Crippen LogP contribution < -0.4 is 16.3 Å². The minimum Gasteiger partial charge on any atom is -0.467 e. The number of nitrogens with zero attached hydrogens (tertiary/aromatic N) is 5. The monoisotopic (exact) mass is 423 g/mol. The molecule has 12 heteroatoms. The number of furan rings is 1. The van der Waals surface area contributed by atoms with Gasteiger partial charge in [-0.3, -0.25) is 9.59 Å². The first-order valence-electron chi connectivity index (χ1n) is 9.16. The number of anilines is 1. The minimum absolute atomic E-state index is 0.158. The number of carbonyl (C=O) groups is 2. The van der Waals surface area contributed by atoms with Gasteiger partial charge in [0.1, 0.15) is 18.1 Å². The van der Waals surface area contributed by atoms with Crippen LogP contribution in [0.4, 0.5) is 5.69 Å². The highest BCUT2D eigenvalue weighted by Crippen LogP contribution is 2.13. The largest absolute Gasteiger partial charge is 0.467 e. The van der Waals surface area contributed by atoms with Gasteiger partial charge in [0, 0.05) is 11.8 Å². The molecule has 0 fully saturated rings. The molecule has 1 aromatic carbocycles. The normalized spacial score (nSPS) is 10.7. The van der Waals surface area contributed by atoms with Crippen LogP contribution in [0, 0.1) is 6.92 Å². The third kappa shape index (κ3) is 4.58. The molecule has 0 unspecified atom stereocenters. The van der Waals surface area contributed by atoms with Crippen LogP contribution in [0.2, 0.25) is 0 Å². The molecule has 3 aromatic heterocycles. The predicted molar refractivity (Wildman–Crippen MR) is 105 cm³/mol. The van der Waals surface area contributed by atoms with E-state index in [2.05, 4.69) is 26.2 Å². The number of aromatic nitrogens is 5. The van der Waals surface area contributed by atoms with Crippen molar-refractivity contribution in [3.05, 3.63) is 76.4 Å². The molecule has 0 spiro atoms. The van der Waals surface area contributed by atoms with Crippen molar-refractivity contribution >= 4 is 17.5 Å². The molecular weight excluding hydrogens is 406 g/mol. The molecule has 3 heterocycles. The van der Waals surface area contributed by atoms with Crippen molar-refractivity contribution < 1.29 is 18.5 Å². The minimum atomic E-state index is -0.581. The molecule has 0 aliphatic heterocycles. The van der Waals surface area contributed by atoms with Gasteiger partial charge < -0.3 is 19.6 Å². The third-order valence-electron chi connectivity index (χ3n) is 4.20. The average Bonchev–Trinajstić information content (AvgIpc) is 3.50. The number of amides is 2. The van der Waals surface area contributed by atoms with Crippen LogP contribution >= 0.6 is 0 Å². The SMILES string of the molecule is Cc1cc(C(=O)Nc2ccc(-n3nnn(CC(=O)NCc4ccco4)c3=O)cc2)no1. The van der Waals surface area contributed by atoms with Crippen LogP contribution in [0.3, 0.4) is 0 Å². The molecule has 0 aliphatic carbocycles. The zero-order valence-corrected chi connectivity index (χ0v) is 16.3. The van der Waals surface area contributed by atoms with E-state index in [0.717, 1.165) is 9.36 Å². The van der Waals surface area contributed by atoms with Crippen molar-refractivity contribution in [2.24, 2.45) is 0 Å². The summed E-state index contributed by atoms with van der Waals surface area (Å²) in [5.74, 6) is 0.285. The fourth-order valence-corrected chi connectivity index (χ4v) is 2.68. The molecular formula is C19H17N7O5. The smallest absolute Gasteiger partial charge is 0.368 e. The van der Waals surface area contributed by atoms with E-state index in [1.54, 1.807) is 43.3 Å². The first-order chi connectivity index (χ1) is 15.0. The summed E-state index contributed by atoms with van der Waals surface area (Å²) in [6.45, 7) is 1.60. The summed E-state index contributed by atoms with van der Waals surface area (Å²) in [4.78, 5) is 36.6. The summed E-state index contributed by atoms with van der Waals surface area (Å²) in [6.07, 6.45) is 1.50. The van der Waals surface area contributed by atoms with Crippen molar-refractivity contribution in [3.8, 4) is 5.69 Å². The number of nitrogens with one attached hydrogen (secondary N) is 2. The number of benzene rings is 1. The number of aryl methyl sites for hydroxylation is 1. The molecule has 2 amide bonds. The molecule has 4 aromatic rings. The van der Waals surface area contributed by atoms with E-state index in [4.69, 9.17) is 8.94 Å². The molecule has 0 atom stereocenters. The van der Waals surface area contributed by atoms with E-state index in [1.165, 1.54) is 12.3 Å². The van der Waals surface area contributed by atoms with Gasteiger partial charge in [-0.25, -0.2) is 4.79 Å². The van der Waals surface area contributed by atoms with Gasteiger partial charge in [-0.2, -0.15) is 9.36 Å². The summed E-state index contributed by atoms with van der Waals surface area (Å²) in [5, 5.41) is 16.5. The lowest BCUT2D eigenvalue weighted by Crippen LogP contribution is -2.33. The first kappa shape index (κ1) is 19.8. The Kier molecular flexibility index (Phi) is 5.43. The Labute approximate surface area is 174 Å². The average molecular weight is 423 g/mol. The second-order valence-electron chi connectivity index (χ2n) is 6.51. The second kappa shape index (κ2) is 8.49. The van der Waals surface area contributed by atoms with Gasteiger partial charge in [0.25, 0.3) is 5.91 Å². The lowest BCUT2D eigenvalue weighted by Gasteiger charge is -2.04. The number of tetrazole rings is 1. The molecule has 0 aliphatic rings. The third-order valence-corrected chi connectivity index (χ3v) is 4.20. The van der Waals surface area contributed by atoms with Crippen molar-refractivity contribution in [3.63, 3.8) is 0 Å². The van der Waals surface area contributed by atoms with Crippen molar-refractivity contribution in [1.29, 1.82) is 0 Å². The van der Waals surface area contributed by atoms with E-state index in [1.807, 2.05) is 0 Å². The molecule has 4 rings (SSSR count). The van der Waals surface area contributed by atoms with E-state index in [9.17, 15) is 14.4 Å². The summed E-state index contributed by atoms with van der Waals surface area (Å²) < 4.78 is 12.0. The highest BCUT2D eigenvalue weighted by Gasteiger charge is 2.14. The number of hydrogen-bond acceptors (Lipinski definition) is 8. The summed E-state index contributed by atoms with van der Waals surface area (Å²) >= 11 is 0. The summed E-state index contributed by atoms with van der Waals surface area (Å²) in [5.41, 5.74) is 0.490. The van der Waals surface area contributed by atoms with Gasteiger partial charge >= 0.3 is 5.69 Å². The van der Waals surface area contributed by atoms with Crippen LogP contribution in [0.1, 0.15) is 22.0 Å². The highest BCUT2D eigenvalue weighted by atomic mass is 16.5. The number of hydrogen-bond donors (Lipinski definition) is 2. The maximum atomic E-state index is 12.5. The molecule has 0 radical (unpaired) electrons. The first-order valence-corrected chi connectivity index (χ1v) is 9.16. The van der Waals surface area contributed by atoms with Gasteiger partial charge in [0.15, 0.2) is 5.69 Å². The topological polar surface area (TPSA) is 150 Å². The maximum absolute atomic E-state index is 12.5. The Morgan fingerprint density at radius 2 is 1.94 bits per heavy atom. The van der Waals surface area contributed by atoms with Crippen LogP contribution in [-0.4, -0.2) is 36.8 Å². The Morgan fingerprint density at radius 3 is 2.61 bits per heavy atom. The molecule has 0 bridgehead atoms. The quantitative estimate of drug-likeness (QED) is 0.445. The fraction of sp³-hybridized carbons (Fsp3) is 0.158. The number of rotatable bonds is 7. The van der Waals surface area contributed by atoms with E-state index >= 15 is 0 Å². The second-order valence-corrected chi connectivity index (χ2v) is 6.51. The van der Waals surface area contributed by atoms with Crippen molar-refractivity contribution in [2.45, 2.75) is 20.0 Å². The van der Waals surface area contributed by atoms with E-state index in [-0.39, 0.29) is 18.8 Å². The Balaban J connectivity index is 1.39. The highest BCUT2D eigenvalue weighted by molar-refractivity contribution is 6.02. The van der Waals surface area contributed by atoms with E-state index in [0.29, 0.717) is 22.9 Å². The van der Waals surface area contributed by atoms with Crippen LogP contribution in [0.25, 0.3) is 5.69 Å². The zero-order chi connectivity index (χ0) is 21.8. The van der Waals surface area contributed by atoms with Crippen LogP contribution in [0.15, 0.2) is 62.5 Å². The molecule has 0 saturated heterocycles. The summed E-state index contributed by atoms with van der Waals surface area (Å²) in [7, 11) is 0. The number of carbonyl (C=O) groups excluding carboxylic acids is 2. The van der Waals surface area contributed by atoms with Crippen molar-refractivity contribution in [2.75, 3.05) is 5.32 Å². The van der Waals surface area contributed by atoms with Gasteiger partial charge in [0.2, 0.25) is 5.91 Å². The molecule has 31 heavy (non-hydrogen) atoms. The maximum Gasteiger partial charge on any atom is 0.368 e. The van der Waals surface area contributed by atoms with Crippen molar-refractivity contribution in [1.82, 2.24) is 30.3 Å². The van der Waals surface area contributed by atoms with Gasteiger partial charge in [0.05, 0.1) is 18.5 Å². The standard InChI is InChI=1S/C19H17N7O5/c1-12-9-16(22-31-12)18(28)21-13-4-6-14(7-5-13)26-19(29)25(23-24-26)11-17(27)20-10-15-3-2-8-30-15/h2-9H,10-11H2,1H3,(H,20,27)(H,21,28). The van der Waals surface area contributed by atoms with Gasteiger partial charge in [-0.15, -0.1) is 0 Å². The lowest BCUT2D eigenvalue weighted by molar-refractivity contribution is -0.122. The molecule has 0 saturated carbocycles. The van der Waals surface area contributed by atoms with Gasteiger partial charge in [-0.1, -0.05) is 5.16 Å². The molecule has 12 nitrogen and oxygen atoms in total. The summed E-state index contributed by atoms with van der Waals surface area (Å²) in [6, 6.07) is 11.3. The zero-order valence-electron chi connectivity index (χ0n) is 16.3. The van der Waals surface area contributed by atoms with E-state index < -0.39 is 17.5 Å². The molecule has 2 N–H and O–H groups in total.